The highest BCUT2D eigenvalue weighted by Gasteiger charge is 2.09. The van der Waals surface area contributed by atoms with Gasteiger partial charge in [-0.1, -0.05) is 36.0 Å². The molecule has 2 aromatic rings. The Bertz CT molecular complexity index is 571. The van der Waals surface area contributed by atoms with Crippen molar-refractivity contribution in [3.63, 3.8) is 0 Å². The summed E-state index contributed by atoms with van der Waals surface area (Å²) in [4.78, 5) is 12.5. The van der Waals surface area contributed by atoms with E-state index in [0.717, 1.165) is 16.1 Å². The van der Waals surface area contributed by atoms with Gasteiger partial charge in [-0.2, -0.15) is 0 Å². The zero-order chi connectivity index (χ0) is 13.0. The van der Waals surface area contributed by atoms with Crippen molar-refractivity contribution >= 4 is 18.0 Å². The van der Waals surface area contributed by atoms with Crippen LogP contribution in [0.15, 0.2) is 52.3 Å². The van der Waals surface area contributed by atoms with Crippen LogP contribution in [0.1, 0.15) is 15.9 Å². The average molecular weight is 261 g/mol. The summed E-state index contributed by atoms with van der Waals surface area (Å²) >= 11 is 1.35. The molecule has 2 nitrogen and oxygen atoms in total. The SMILES string of the molecule is NCc1c(F)cccc1Sc1ccccc1C=O. The van der Waals surface area contributed by atoms with Crippen molar-refractivity contribution < 1.29 is 9.18 Å². The molecule has 0 aliphatic heterocycles. The van der Waals surface area contributed by atoms with Crippen molar-refractivity contribution in [3.05, 3.63) is 59.4 Å². The highest BCUT2D eigenvalue weighted by atomic mass is 32.2. The Morgan fingerprint density at radius 2 is 1.83 bits per heavy atom. The van der Waals surface area contributed by atoms with Gasteiger partial charge in [0.05, 0.1) is 0 Å². The Morgan fingerprint density at radius 3 is 2.56 bits per heavy atom. The summed E-state index contributed by atoms with van der Waals surface area (Å²) in [7, 11) is 0. The van der Waals surface area contributed by atoms with Crippen molar-refractivity contribution in [2.45, 2.75) is 16.3 Å². The molecule has 0 heterocycles. The number of benzene rings is 2. The topological polar surface area (TPSA) is 43.1 Å². The Kier molecular flexibility index (Phi) is 4.12. The number of rotatable bonds is 4. The Balaban J connectivity index is 2.40. The van der Waals surface area contributed by atoms with Crippen LogP contribution in [-0.4, -0.2) is 6.29 Å². The number of carbonyl (C=O) groups excluding carboxylic acids is 1. The minimum atomic E-state index is -0.314. The Morgan fingerprint density at radius 1 is 1.11 bits per heavy atom. The average Bonchev–Trinajstić information content (AvgIpc) is 2.40. The van der Waals surface area contributed by atoms with Gasteiger partial charge in [-0.25, -0.2) is 4.39 Å². The van der Waals surface area contributed by atoms with Gasteiger partial charge in [0.15, 0.2) is 6.29 Å². The molecule has 0 unspecified atom stereocenters. The van der Waals surface area contributed by atoms with Gasteiger partial charge in [0.1, 0.15) is 5.82 Å². The van der Waals surface area contributed by atoms with Crippen LogP contribution in [0.3, 0.4) is 0 Å². The third-order valence-electron chi connectivity index (χ3n) is 2.55. The van der Waals surface area contributed by atoms with Crippen LogP contribution in [0.25, 0.3) is 0 Å². The van der Waals surface area contributed by atoms with Crippen molar-refractivity contribution in [1.29, 1.82) is 0 Å². The van der Waals surface area contributed by atoms with Crippen molar-refractivity contribution in [1.82, 2.24) is 0 Å². The van der Waals surface area contributed by atoms with E-state index >= 15 is 0 Å². The third-order valence-corrected chi connectivity index (χ3v) is 3.74. The number of nitrogens with two attached hydrogens (primary N) is 1. The van der Waals surface area contributed by atoms with E-state index in [-0.39, 0.29) is 12.4 Å². The van der Waals surface area contributed by atoms with Gasteiger partial charge in [0.25, 0.3) is 0 Å². The second-order valence-electron chi connectivity index (χ2n) is 3.68. The number of aldehydes is 1. The standard InChI is InChI=1S/C14H12FNOS/c15-12-5-3-7-14(11(12)8-16)18-13-6-2-1-4-10(13)9-17/h1-7,9H,8,16H2. The number of halogens is 1. The first-order valence-electron chi connectivity index (χ1n) is 5.45. The second kappa shape index (κ2) is 5.80. The van der Waals surface area contributed by atoms with Crippen LogP contribution < -0.4 is 5.73 Å². The lowest BCUT2D eigenvalue weighted by Gasteiger charge is -2.09. The monoisotopic (exact) mass is 261 g/mol. The van der Waals surface area contributed by atoms with Crippen LogP contribution >= 0.6 is 11.8 Å². The predicted molar refractivity (Wildman–Crippen MR) is 70.2 cm³/mol. The molecule has 0 aliphatic carbocycles. The fourth-order valence-corrected chi connectivity index (χ4v) is 2.69. The largest absolute Gasteiger partial charge is 0.326 e. The summed E-state index contributed by atoms with van der Waals surface area (Å²) in [6.45, 7) is 0.137. The molecule has 0 aliphatic rings. The molecule has 0 fully saturated rings. The first kappa shape index (κ1) is 12.8. The summed E-state index contributed by atoms with van der Waals surface area (Å²) in [5, 5.41) is 0. The maximum atomic E-state index is 13.6. The first-order valence-corrected chi connectivity index (χ1v) is 6.27. The smallest absolute Gasteiger partial charge is 0.151 e. The fourth-order valence-electron chi connectivity index (χ4n) is 1.62. The predicted octanol–water partition coefficient (Wildman–Crippen LogP) is 3.25. The number of hydrogen-bond acceptors (Lipinski definition) is 3. The lowest BCUT2D eigenvalue weighted by molar-refractivity contribution is 0.112. The minimum absolute atomic E-state index is 0.137. The summed E-state index contributed by atoms with van der Waals surface area (Å²) in [6.07, 6.45) is 0.795. The van der Waals surface area contributed by atoms with Crippen LogP contribution in [0.2, 0.25) is 0 Å². The molecule has 92 valence electrons. The highest BCUT2D eigenvalue weighted by molar-refractivity contribution is 7.99. The van der Waals surface area contributed by atoms with Crippen molar-refractivity contribution in [2.24, 2.45) is 5.73 Å². The normalized spacial score (nSPS) is 10.3. The van der Waals surface area contributed by atoms with Gasteiger partial charge in [-0.3, -0.25) is 4.79 Å². The molecular formula is C14H12FNOS. The van der Waals surface area contributed by atoms with E-state index in [0.29, 0.717) is 11.1 Å². The molecular weight excluding hydrogens is 249 g/mol. The van der Waals surface area contributed by atoms with Gasteiger partial charge < -0.3 is 5.73 Å². The van der Waals surface area contributed by atoms with Gasteiger partial charge in [0.2, 0.25) is 0 Å². The van der Waals surface area contributed by atoms with Crippen molar-refractivity contribution in [2.75, 3.05) is 0 Å². The molecule has 0 saturated heterocycles. The molecule has 0 saturated carbocycles. The van der Waals surface area contributed by atoms with Crippen LogP contribution in [-0.2, 0) is 6.54 Å². The van der Waals surface area contributed by atoms with E-state index in [2.05, 4.69) is 0 Å². The van der Waals surface area contributed by atoms with E-state index in [4.69, 9.17) is 5.73 Å². The molecule has 0 aromatic heterocycles. The summed E-state index contributed by atoms with van der Waals surface area (Å²) in [6, 6.07) is 12.0. The lowest BCUT2D eigenvalue weighted by atomic mass is 10.2. The third kappa shape index (κ3) is 2.60. The van der Waals surface area contributed by atoms with Crippen LogP contribution in [0, 0.1) is 5.82 Å². The highest BCUT2D eigenvalue weighted by Crippen LogP contribution is 2.33. The number of carbonyl (C=O) groups is 1. The maximum absolute atomic E-state index is 13.6. The van der Waals surface area contributed by atoms with Gasteiger partial charge >= 0.3 is 0 Å². The molecule has 0 radical (unpaired) electrons. The zero-order valence-electron chi connectivity index (χ0n) is 9.60. The molecule has 2 N–H and O–H groups in total. The molecule has 4 heteroatoms. The minimum Gasteiger partial charge on any atom is -0.326 e. The van der Waals surface area contributed by atoms with Crippen LogP contribution in [0.4, 0.5) is 4.39 Å². The molecule has 0 atom stereocenters. The number of hydrogen-bond donors (Lipinski definition) is 1. The van der Waals surface area contributed by atoms with E-state index < -0.39 is 0 Å². The molecule has 0 spiro atoms. The van der Waals surface area contributed by atoms with E-state index in [1.807, 2.05) is 12.1 Å². The van der Waals surface area contributed by atoms with E-state index in [1.165, 1.54) is 17.8 Å². The quantitative estimate of drug-likeness (QED) is 0.859. The van der Waals surface area contributed by atoms with Crippen LogP contribution in [0.5, 0.6) is 0 Å². The van der Waals surface area contributed by atoms with E-state index in [9.17, 15) is 9.18 Å². The van der Waals surface area contributed by atoms with Gasteiger partial charge in [-0.05, 0) is 18.2 Å². The van der Waals surface area contributed by atoms with Gasteiger partial charge in [0, 0.05) is 27.5 Å². The Labute approximate surface area is 109 Å². The molecule has 2 rings (SSSR count). The van der Waals surface area contributed by atoms with Crippen molar-refractivity contribution in [3.8, 4) is 0 Å². The second-order valence-corrected chi connectivity index (χ2v) is 4.76. The molecule has 2 aromatic carbocycles. The fraction of sp³-hybridized carbons (Fsp3) is 0.0714. The zero-order valence-corrected chi connectivity index (χ0v) is 10.4. The summed E-state index contributed by atoms with van der Waals surface area (Å²) < 4.78 is 13.6. The van der Waals surface area contributed by atoms with E-state index in [1.54, 1.807) is 24.3 Å². The first-order chi connectivity index (χ1) is 8.76. The summed E-state index contributed by atoms with van der Waals surface area (Å²) in [5.74, 6) is -0.314. The van der Waals surface area contributed by atoms with Gasteiger partial charge in [-0.15, -0.1) is 0 Å². The molecule has 0 bridgehead atoms. The Hall–Kier alpha value is -1.65. The maximum Gasteiger partial charge on any atom is 0.151 e. The molecule has 18 heavy (non-hydrogen) atoms. The molecule has 0 amide bonds. The lowest BCUT2D eigenvalue weighted by Crippen LogP contribution is -2.01. The summed E-state index contributed by atoms with van der Waals surface area (Å²) in [5.41, 5.74) is 6.62.